The van der Waals surface area contributed by atoms with Gasteiger partial charge in [0.25, 0.3) is 0 Å². The van der Waals surface area contributed by atoms with E-state index in [0.717, 1.165) is 0 Å². The summed E-state index contributed by atoms with van der Waals surface area (Å²) in [5.74, 6) is 0.277. The van der Waals surface area contributed by atoms with E-state index in [-0.39, 0.29) is 31.3 Å². The molecule has 0 bridgehead atoms. The van der Waals surface area contributed by atoms with Gasteiger partial charge in [0.2, 0.25) is 0 Å². The molecule has 1 saturated heterocycles. The Kier molecular flexibility index (Phi) is 4.81. The first-order valence-electron chi connectivity index (χ1n) is 5.14. The van der Waals surface area contributed by atoms with Gasteiger partial charge < -0.3 is 19.7 Å². The third-order valence-electron chi connectivity index (χ3n) is 2.63. The molecule has 0 aromatic heterocycles. The Hall–Kier alpha value is -0.160. The van der Waals surface area contributed by atoms with Crippen LogP contribution in [0.15, 0.2) is 0 Å². The Labute approximate surface area is 84.8 Å². The predicted octanol–water partition coefficient (Wildman–Crippen LogP) is 0.232. The molecule has 1 aliphatic rings. The third-order valence-corrected chi connectivity index (χ3v) is 2.63. The van der Waals surface area contributed by atoms with Crippen LogP contribution in [0.3, 0.4) is 0 Å². The van der Waals surface area contributed by atoms with Gasteiger partial charge in [-0.15, -0.1) is 0 Å². The number of rotatable bonds is 3. The molecule has 2 N–H and O–H groups in total. The van der Waals surface area contributed by atoms with Gasteiger partial charge in [0, 0.05) is 31.0 Å². The molecule has 0 aromatic rings. The van der Waals surface area contributed by atoms with Crippen molar-refractivity contribution in [2.75, 3.05) is 26.4 Å². The lowest BCUT2D eigenvalue weighted by atomic mass is 9.95. The van der Waals surface area contributed by atoms with Gasteiger partial charge >= 0.3 is 0 Å². The van der Waals surface area contributed by atoms with Gasteiger partial charge in [0.05, 0.1) is 13.2 Å². The van der Waals surface area contributed by atoms with Crippen LogP contribution in [0.2, 0.25) is 0 Å². The molecule has 1 aliphatic heterocycles. The number of hydrogen-bond acceptors (Lipinski definition) is 4. The zero-order chi connectivity index (χ0) is 10.6. The van der Waals surface area contributed by atoms with Crippen molar-refractivity contribution in [2.45, 2.75) is 20.1 Å². The molecule has 4 heteroatoms. The van der Waals surface area contributed by atoms with E-state index in [0.29, 0.717) is 19.1 Å². The Bertz CT molecular complexity index is 146. The lowest BCUT2D eigenvalue weighted by Crippen LogP contribution is -2.26. The molecule has 0 spiro atoms. The Morgan fingerprint density at radius 1 is 1.07 bits per heavy atom. The van der Waals surface area contributed by atoms with Gasteiger partial charge in [0.15, 0.2) is 6.29 Å². The van der Waals surface area contributed by atoms with Gasteiger partial charge in [0.1, 0.15) is 0 Å². The minimum Gasteiger partial charge on any atom is -0.396 e. The van der Waals surface area contributed by atoms with Crippen molar-refractivity contribution in [1.29, 1.82) is 0 Å². The smallest absolute Gasteiger partial charge is 0.159 e. The summed E-state index contributed by atoms with van der Waals surface area (Å²) in [4.78, 5) is 0. The van der Waals surface area contributed by atoms with Gasteiger partial charge in [-0.05, 0) is 0 Å². The highest BCUT2D eigenvalue weighted by molar-refractivity contribution is 4.72. The molecule has 84 valence electrons. The van der Waals surface area contributed by atoms with Crippen molar-refractivity contribution >= 4 is 0 Å². The molecule has 2 unspecified atom stereocenters. The van der Waals surface area contributed by atoms with Crippen LogP contribution in [-0.2, 0) is 9.47 Å². The van der Waals surface area contributed by atoms with E-state index < -0.39 is 0 Å². The van der Waals surface area contributed by atoms with Crippen molar-refractivity contribution in [3.05, 3.63) is 0 Å². The van der Waals surface area contributed by atoms with Gasteiger partial charge in [-0.3, -0.25) is 0 Å². The van der Waals surface area contributed by atoms with Crippen LogP contribution in [0.5, 0.6) is 0 Å². The van der Waals surface area contributed by atoms with Crippen LogP contribution in [0.4, 0.5) is 0 Å². The maximum atomic E-state index is 9.10. The lowest BCUT2D eigenvalue weighted by Gasteiger charge is -2.18. The summed E-state index contributed by atoms with van der Waals surface area (Å²) in [6.07, 6.45) is -0.208. The summed E-state index contributed by atoms with van der Waals surface area (Å²) in [5.41, 5.74) is 0. The number of aliphatic hydroxyl groups is 2. The predicted molar refractivity (Wildman–Crippen MR) is 51.7 cm³/mol. The van der Waals surface area contributed by atoms with Crippen LogP contribution in [0.1, 0.15) is 13.8 Å². The average Bonchev–Trinajstić information content (AvgIpc) is 2.38. The first-order chi connectivity index (χ1) is 6.69. The topological polar surface area (TPSA) is 58.9 Å². The third kappa shape index (κ3) is 2.92. The highest BCUT2D eigenvalue weighted by Crippen LogP contribution is 2.21. The SMILES string of the molecule is CC(C)C1OCC(CO)C(CO)CO1. The van der Waals surface area contributed by atoms with Crippen LogP contribution < -0.4 is 0 Å². The molecule has 0 aliphatic carbocycles. The van der Waals surface area contributed by atoms with E-state index in [1.54, 1.807) is 0 Å². The molecule has 1 fully saturated rings. The fraction of sp³-hybridized carbons (Fsp3) is 1.00. The van der Waals surface area contributed by atoms with E-state index in [1.807, 2.05) is 13.8 Å². The van der Waals surface area contributed by atoms with Gasteiger partial charge in [-0.1, -0.05) is 13.8 Å². The second kappa shape index (κ2) is 5.66. The number of hydrogen-bond donors (Lipinski definition) is 2. The summed E-state index contributed by atoms with van der Waals surface area (Å²) < 4.78 is 11.0. The van der Waals surface area contributed by atoms with E-state index in [9.17, 15) is 0 Å². The van der Waals surface area contributed by atoms with E-state index in [1.165, 1.54) is 0 Å². The maximum absolute atomic E-state index is 9.10. The van der Waals surface area contributed by atoms with Gasteiger partial charge in [-0.25, -0.2) is 0 Å². The minimum absolute atomic E-state index is 0.0104. The summed E-state index contributed by atoms with van der Waals surface area (Å²) in [5, 5.41) is 18.2. The quantitative estimate of drug-likeness (QED) is 0.691. The fourth-order valence-electron chi connectivity index (χ4n) is 1.55. The maximum Gasteiger partial charge on any atom is 0.159 e. The van der Waals surface area contributed by atoms with Crippen molar-refractivity contribution in [1.82, 2.24) is 0 Å². The highest BCUT2D eigenvalue weighted by Gasteiger charge is 2.28. The second-order valence-corrected chi connectivity index (χ2v) is 4.16. The van der Waals surface area contributed by atoms with Crippen LogP contribution in [0.25, 0.3) is 0 Å². The molecule has 0 amide bonds. The van der Waals surface area contributed by atoms with Crippen molar-refractivity contribution < 1.29 is 19.7 Å². The largest absolute Gasteiger partial charge is 0.396 e. The molecular formula is C10H20O4. The van der Waals surface area contributed by atoms with E-state index in [2.05, 4.69) is 0 Å². The van der Waals surface area contributed by atoms with E-state index >= 15 is 0 Å². The lowest BCUT2D eigenvalue weighted by molar-refractivity contribution is -0.155. The van der Waals surface area contributed by atoms with Crippen LogP contribution >= 0.6 is 0 Å². The molecular weight excluding hydrogens is 184 g/mol. The summed E-state index contributed by atoms with van der Waals surface area (Å²) in [6, 6.07) is 0. The first-order valence-corrected chi connectivity index (χ1v) is 5.14. The summed E-state index contributed by atoms with van der Waals surface area (Å²) in [6.45, 7) is 5.06. The molecule has 2 atom stereocenters. The van der Waals surface area contributed by atoms with Crippen molar-refractivity contribution in [3.8, 4) is 0 Å². The van der Waals surface area contributed by atoms with Crippen molar-refractivity contribution in [3.63, 3.8) is 0 Å². The fourth-order valence-corrected chi connectivity index (χ4v) is 1.55. The van der Waals surface area contributed by atoms with Crippen LogP contribution in [0, 0.1) is 17.8 Å². The summed E-state index contributed by atoms with van der Waals surface area (Å²) >= 11 is 0. The molecule has 0 aromatic carbocycles. The molecule has 1 rings (SSSR count). The van der Waals surface area contributed by atoms with Gasteiger partial charge in [-0.2, -0.15) is 0 Å². The monoisotopic (exact) mass is 204 g/mol. The zero-order valence-electron chi connectivity index (χ0n) is 8.85. The normalized spacial score (nSPS) is 34.5. The van der Waals surface area contributed by atoms with Crippen molar-refractivity contribution in [2.24, 2.45) is 17.8 Å². The zero-order valence-corrected chi connectivity index (χ0v) is 8.85. The molecule has 14 heavy (non-hydrogen) atoms. The minimum atomic E-state index is -0.208. The average molecular weight is 204 g/mol. The highest BCUT2D eigenvalue weighted by atomic mass is 16.7. The molecule has 1 heterocycles. The number of ether oxygens (including phenoxy) is 2. The Morgan fingerprint density at radius 2 is 1.50 bits per heavy atom. The number of aliphatic hydroxyl groups excluding tert-OH is 2. The standard InChI is InChI=1S/C10H20O4/c1-7(2)10-13-5-8(3-11)9(4-12)6-14-10/h7-12H,3-6H2,1-2H3. The Balaban J connectivity index is 2.51. The molecule has 4 nitrogen and oxygen atoms in total. The second-order valence-electron chi connectivity index (χ2n) is 4.16. The molecule has 0 radical (unpaired) electrons. The molecule has 0 saturated carbocycles. The summed E-state index contributed by atoms with van der Waals surface area (Å²) in [7, 11) is 0. The first kappa shape index (κ1) is 11.9. The Morgan fingerprint density at radius 3 is 1.79 bits per heavy atom. The van der Waals surface area contributed by atoms with E-state index in [4.69, 9.17) is 19.7 Å². The van der Waals surface area contributed by atoms with Crippen LogP contribution in [-0.4, -0.2) is 42.9 Å².